The Balaban J connectivity index is 2.44. The van der Waals surface area contributed by atoms with Gasteiger partial charge in [-0.05, 0) is 18.9 Å². The second-order valence-corrected chi connectivity index (χ2v) is 6.61. The number of anilines is 1. The molecule has 0 bridgehead atoms. The third kappa shape index (κ3) is 3.13. The number of carbonyl (C=O) groups excluding carboxylic acids is 2. The number of nitrogens with one attached hydrogen (secondary N) is 1. The molecule has 2 heterocycles. The van der Waals surface area contributed by atoms with Gasteiger partial charge in [0.25, 0.3) is 11.8 Å². The summed E-state index contributed by atoms with van der Waals surface area (Å²) < 4.78 is 1.14. The van der Waals surface area contributed by atoms with E-state index in [4.69, 9.17) is 5.73 Å². The average molecular weight is 351 g/mol. The van der Waals surface area contributed by atoms with Gasteiger partial charge in [0, 0.05) is 11.9 Å². The molecule has 0 aliphatic rings. The van der Waals surface area contributed by atoms with Crippen LogP contribution >= 0.6 is 11.3 Å². The van der Waals surface area contributed by atoms with E-state index in [2.05, 4.69) is 10.4 Å². The van der Waals surface area contributed by atoms with Gasteiger partial charge in [-0.1, -0.05) is 13.8 Å². The van der Waals surface area contributed by atoms with Gasteiger partial charge in [-0.15, -0.1) is 11.3 Å². The van der Waals surface area contributed by atoms with Crippen molar-refractivity contribution in [2.45, 2.75) is 26.7 Å². The molecule has 24 heavy (non-hydrogen) atoms. The molecule has 0 saturated heterocycles. The van der Waals surface area contributed by atoms with E-state index < -0.39 is 16.7 Å². The smallest absolute Gasteiger partial charge is 0.322 e. The van der Waals surface area contributed by atoms with Crippen molar-refractivity contribution < 1.29 is 14.5 Å². The Hall–Kier alpha value is -2.75. The van der Waals surface area contributed by atoms with Crippen molar-refractivity contribution in [3.05, 3.63) is 38.0 Å². The van der Waals surface area contributed by atoms with Crippen LogP contribution in [0.15, 0.2) is 6.07 Å². The molecule has 2 aromatic heterocycles. The number of nitro groups is 1. The van der Waals surface area contributed by atoms with Crippen LogP contribution in [-0.4, -0.2) is 26.5 Å². The van der Waals surface area contributed by atoms with E-state index in [-0.39, 0.29) is 33.6 Å². The molecule has 0 aliphatic carbocycles. The number of carbonyl (C=O) groups is 2. The van der Waals surface area contributed by atoms with Gasteiger partial charge in [-0.2, -0.15) is 5.10 Å². The van der Waals surface area contributed by atoms with E-state index in [1.807, 2.05) is 13.8 Å². The van der Waals surface area contributed by atoms with Crippen LogP contribution in [0.25, 0.3) is 0 Å². The number of primary amides is 1. The Morgan fingerprint density at radius 2 is 2.08 bits per heavy atom. The molecule has 3 N–H and O–H groups in total. The number of aromatic nitrogens is 2. The SMILES string of the molecule is Cc1nn(C)c(C(=O)Nc2sc(C(C)C)cc2C(N)=O)c1[N+](=O)[O-]. The topological polar surface area (TPSA) is 133 Å². The lowest BCUT2D eigenvalue weighted by Gasteiger charge is -2.04. The molecule has 0 aromatic carbocycles. The van der Waals surface area contributed by atoms with Gasteiger partial charge in [0.05, 0.1) is 10.5 Å². The third-order valence-corrected chi connectivity index (χ3v) is 4.75. The molecule has 0 aliphatic heterocycles. The number of amides is 2. The Bertz CT molecular complexity index is 837. The molecule has 0 fully saturated rings. The summed E-state index contributed by atoms with van der Waals surface area (Å²) in [5, 5.41) is 17.9. The highest BCUT2D eigenvalue weighted by molar-refractivity contribution is 7.16. The molecule has 0 atom stereocenters. The second-order valence-electron chi connectivity index (χ2n) is 5.53. The molecular formula is C14H17N5O4S. The molecule has 0 spiro atoms. The van der Waals surface area contributed by atoms with Gasteiger partial charge in [0.1, 0.15) is 10.7 Å². The zero-order valence-electron chi connectivity index (χ0n) is 13.6. The highest BCUT2D eigenvalue weighted by Gasteiger charge is 2.30. The number of thiophene rings is 1. The molecule has 0 saturated carbocycles. The summed E-state index contributed by atoms with van der Waals surface area (Å²) in [5.74, 6) is -1.25. The molecule has 2 amide bonds. The van der Waals surface area contributed by atoms with Crippen LogP contribution in [0.3, 0.4) is 0 Å². The van der Waals surface area contributed by atoms with Gasteiger partial charge in [0.2, 0.25) is 5.69 Å². The first-order chi connectivity index (χ1) is 11.1. The monoisotopic (exact) mass is 351 g/mol. The first-order valence-electron chi connectivity index (χ1n) is 7.06. The van der Waals surface area contributed by atoms with Gasteiger partial charge in [0.15, 0.2) is 0 Å². The van der Waals surface area contributed by atoms with Crippen molar-refractivity contribution in [3.63, 3.8) is 0 Å². The fraction of sp³-hybridized carbons (Fsp3) is 0.357. The highest BCUT2D eigenvalue weighted by Crippen LogP contribution is 2.33. The van der Waals surface area contributed by atoms with E-state index in [0.29, 0.717) is 0 Å². The van der Waals surface area contributed by atoms with Crippen LogP contribution in [0, 0.1) is 17.0 Å². The zero-order chi connectivity index (χ0) is 18.2. The van der Waals surface area contributed by atoms with Crippen molar-refractivity contribution in [2.24, 2.45) is 12.8 Å². The van der Waals surface area contributed by atoms with Crippen molar-refractivity contribution in [2.75, 3.05) is 5.32 Å². The van der Waals surface area contributed by atoms with E-state index in [9.17, 15) is 19.7 Å². The number of rotatable bonds is 5. The second kappa shape index (κ2) is 6.40. The first-order valence-corrected chi connectivity index (χ1v) is 7.88. The summed E-state index contributed by atoms with van der Waals surface area (Å²) in [4.78, 5) is 35.5. The van der Waals surface area contributed by atoms with E-state index >= 15 is 0 Å². The van der Waals surface area contributed by atoms with Crippen molar-refractivity contribution in [1.29, 1.82) is 0 Å². The van der Waals surface area contributed by atoms with Crippen molar-refractivity contribution in [1.82, 2.24) is 9.78 Å². The largest absolute Gasteiger partial charge is 0.366 e. The lowest BCUT2D eigenvalue weighted by Crippen LogP contribution is -2.19. The van der Waals surface area contributed by atoms with Crippen LogP contribution in [0.4, 0.5) is 10.7 Å². The quantitative estimate of drug-likeness (QED) is 0.629. The molecule has 10 heteroatoms. The lowest BCUT2D eigenvalue weighted by molar-refractivity contribution is -0.385. The molecular weight excluding hydrogens is 334 g/mol. The molecule has 2 rings (SSSR count). The maximum Gasteiger partial charge on any atom is 0.322 e. The minimum atomic E-state index is -0.718. The minimum absolute atomic E-state index is 0.136. The summed E-state index contributed by atoms with van der Waals surface area (Å²) in [5.41, 5.74) is 5.11. The van der Waals surface area contributed by atoms with Crippen LogP contribution < -0.4 is 11.1 Å². The van der Waals surface area contributed by atoms with Gasteiger partial charge in [-0.3, -0.25) is 24.4 Å². The van der Waals surface area contributed by atoms with E-state index in [1.165, 1.54) is 25.3 Å². The summed E-state index contributed by atoms with van der Waals surface area (Å²) in [6.45, 7) is 5.33. The molecule has 9 nitrogen and oxygen atoms in total. The predicted octanol–water partition coefficient (Wildman–Crippen LogP) is 2.17. The van der Waals surface area contributed by atoms with Crippen LogP contribution in [-0.2, 0) is 7.05 Å². The fourth-order valence-corrected chi connectivity index (χ4v) is 3.31. The highest BCUT2D eigenvalue weighted by atomic mass is 32.1. The lowest BCUT2D eigenvalue weighted by atomic mass is 10.1. The van der Waals surface area contributed by atoms with Gasteiger partial charge in [-0.25, -0.2) is 0 Å². The maximum absolute atomic E-state index is 12.5. The molecule has 0 unspecified atom stereocenters. The predicted molar refractivity (Wildman–Crippen MR) is 89.5 cm³/mol. The minimum Gasteiger partial charge on any atom is -0.366 e. The average Bonchev–Trinajstić information content (AvgIpc) is 2.99. The number of hydrogen-bond acceptors (Lipinski definition) is 6. The number of nitrogens with two attached hydrogens (primary N) is 1. The summed E-state index contributed by atoms with van der Waals surface area (Å²) in [6, 6.07) is 1.62. The number of aryl methyl sites for hydroxylation is 2. The van der Waals surface area contributed by atoms with E-state index in [0.717, 1.165) is 9.56 Å². The van der Waals surface area contributed by atoms with Gasteiger partial charge < -0.3 is 11.1 Å². The molecule has 0 radical (unpaired) electrons. The molecule has 2 aromatic rings. The van der Waals surface area contributed by atoms with Crippen LogP contribution in [0.5, 0.6) is 0 Å². The standard InChI is InChI=1S/C14H17N5O4S/c1-6(2)9-5-8(12(15)20)14(24-9)16-13(21)11-10(19(22)23)7(3)17-18(11)4/h5-6H,1-4H3,(H2,15,20)(H,16,21). The normalized spacial score (nSPS) is 10.9. The van der Waals surface area contributed by atoms with E-state index in [1.54, 1.807) is 6.07 Å². The Morgan fingerprint density at radius 1 is 1.46 bits per heavy atom. The van der Waals surface area contributed by atoms with Crippen molar-refractivity contribution in [3.8, 4) is 0 Å². The van der Waals surface area contributed by atoms with Crippen LogP contribution in [0.2, 0.25) is 0 Å². The molecule has 128 valence electrons. The summed E-state index contributed by atoms with van der Waals surface area (Å²) >= 11 is 1.21. The Morgan fingerprint density at radius 3 is 2.58 bits per heavy atom. The van der Waals surface area contributed by atoms with Gasteiger partial charge >= 0.3 is 5.69 Å². The Kier molecular flexibility index (Phi) is 4.69. The maximum atomic E-state index is 12.5. The Labute approximate surface area is 141 Å². The van der Waals surface area contributed by atoms with Crippen molar-refractivity contribution >= 4 is 33.8 Å². The third-order valence-electron chi connectivity index (χ3n) is 3.40. The summed E-state index contributed by atoms with van der Waals surface area (Å²) in [6.07, 6.45) is 0. The summed E-state index contributed by atoms with van der Waals surface area (Å²) in [7, 11) is 1.44. The number of hydrogen-bond donors (Lipinski definition) is 2. The fourth-order valence-electron chi connectivity index (χ4n) is 2.25. The zero-order valence-corrected chi connectivity index (χ0v) is 14.4. The van der Waals surface area contributed by atoms with Crippen LogP contribution in [0.1, 0.15) is 51.2 Å². The first kappa shape index (κ1) is 17.6. The number of nitrogens with zero attached hydrogens (tertiary/aromatic N) is 3.